The molecule has 96 valence electrons. The summed E-state index contributed by atoms with van der Waals surface area (Å²) in [5, 5.41) is 0.508. The van der Waals surface area contributed by atoms with E-state index >= 15 is 0 Å². The van der Waals surface area contributed by atoms with Gasteiger partial charge in [-0.25, -0.2) is 9.97 Å². The van der Waals surface area contributed by atoms with Crippen LogP contribution >= 0.6 is 11.6 Å². The van der Waals surface area contributed by atoms with Crippen molar-refractivity contribution in [2.45, 2.75) is 27.3 Å². The molecule has 2 aromatic heterocycles. The Kier molecular flexibility index (Phi) is 3.57. The van der Waals surface area contributed by atoms with Gasteiger partial charge >= 0.3 is 0 Å². The number of aromatic nitrogens is 2. The van der Waals surface area contributed by atoms with Crippen molar-refractivity contribution >= 4 is 17.4 Å². The minimum absolute atomic E-state index is 0.508. The summed E-state index contributed by atoms with van der Waals surface area (Å²) < 4.78 is 5.29. The molecule has 18 heavy (non-hydrogen) atoms. The summed E-state index contributed by atoms with van der Waals surface area (Å²) in [6, 6.07) is 1.97. The highest BCUT2D eigenvalue weighted by Crippen LogP contribution is 2.24. The number of hydrogen-bond acceptors (Lipinski definition) is 4. The molecule has 0 radical (unpaired) electrons. The van der Waals surface area contributed by atoms with Gasteiger partial charge in [-0.05, 0) is 26.8 Å². The molecule has 2 rings (SSSR count). The fourth-order valence-corrected chi connectivity index (χ4v) is 2.06. The molecule has 2 aromatic rings. The lowest BCUT2D eigenvalue weighted by molar-refractivity contribution is 0.529. The van der Waals surface area contributed by atoms with Crippen LogP contribution < -0.4 is 4.90 Å². The topological polar surface area (TPSA) is 42.2 Å². The van der Waals surface area contributed by atoms with Gasteiger partial charge in [-0.3, -0.25) is 0 Å². The number of halogens is 1. The molecule has 0 aliphatic heterocycles. The Balaban J connectivity index is 2.29. The van der Waals surface area contributed by atoms with Gasteiger partial charge in [0, 0.05) is 24.7 Å². The van der Waals surface area contributed by atoms with Crippen molar-refractivity contribution in [3.63, 3.8) is 0 Å². The second-order valence-corrected chi connectivity index (χ2v) is 4.73. The average Bonchev–Trinajstić information content (AvgIpc) is 2.69. The second-order valence-electron chi connectivity index (χ2n) is 4.37. The third-order valence-corrected chi connectivity index (χ3v) is 3.28. The Bertz CT molecular complexity index is 565. The predicted molar refractivity (Wildman–Crippen MR) is 72.1 cm³/mol. The van der Waals surface area contributed by atoms with Gasteiger partial charge in [0.2, 0.25) is 0 Å². The smallest absolute Gasteiger partial charge is 0.137 e. The van der Waals surface area contributed by atoms with Gasteiger partial charge in [0.25, 0.3) is 0 Å². The molecule has 0 saturated carbocycles. The third-order valence-electron chi connectivity index (χ3n) is 2.91. The Labute approximate surface area is 112 Å². The summed E-state index contributed by atoms with van der Waals surface area (Å²) in [6.45, 7) is 6.45. The monoisotopic (exact) mass is 265 g/mol. The van der Waals surface area contributed by atoms with E-state index in [-0.39, 0.29) is 0 Å². The number of furan rings is 1. The Morgan fingerprint density at radius 3 is 2.61 bits per heavy atom. The van der Waals surface area contributed by atoms with Crippen LogP contribution in [0, 0.1) is 20.8 Å². The van der Waals surface area contributed by atoms with Crippen LogP contribution in [0.15, 0.2) is 16.7 Å². The number of rotatable bonds is 3. The molecule has 2 heterocycles. The average molecular weight is 266 g/mol. The van der Waals surface area contributed by atoms with E-state index in [0.717, 1.165) is 29.2 Å². The lowest BCUT2D eigenvalue weighted by atomic mass is 10.2. The van der Waals surface area contributed by atoms with Gasteiger partial charge in [0.05, 0.1) is 6.26 Å². The normalized spacial score (nSPS) is 10.7. The number of anilines is 1. The first-order valence-electron chi connectivity index (χ1n) is 5.74. The second kappa shape index (κ2) is 4.98. The quantitative estimate of drug-likeness (QED) is 0.799. The van der Waals surface area contributed by atoms with Gasteiger partial charge in [0.1, 0.15) is 22.6 Å². The summed E-state index contributed by atoms with van der Waals surface area (Å²) in [5.74, 6) is 2.46. The van der Waals surface area contributed by atoms with Crippen molar-refractivity contribution < 1.29 is 4.42 Å². The van der Waals surface area contributed by atoms with Crippen LogP contribution in [-0.4, -0.2) is 17.0 Å². The predicted octanol–water partition coefficient (Wildman–Crippen LogP) is 3.28. The van der Waals surface area contributed by atoms with E-state index in [9.17, 15) is 0 Å². The number of aryl methyl sites for hydroxylation is 2. The standard InChI is InChI=1S/C13H16ClN3O/c1-8-12(14)15-10(3)16-13(8)17(4)7-11-5-6-18-9(11)2/h5-6H,7H2,1-4H3. The summed E-state index contributed by atoms with van der Waals surface area (Å²) >= 11 is 6.08. The largest absolute Gasteiger partial charge is 0.469 e. The SMILES string of the molecule is Cc1nc(Cl)c(C)c(N(C)Cc2ccoc2C)n1. The maximum Gasteiger partial charge on any atom is 0.137 e. The Morgan fingerprint density at radius 2 is 2.00 bits per heavy atom. The van der Waals surface area contributed by atoms with Crippen LogP contribution in [0.4, 0.5) is 5.82 Å². The van der Waals surface area contributed by atoms with E-state index in [1.807, 2.05) is 38.8 Å². The minimum Gasteiger partial charge on any atom is -0.469 e. The Hall–Kier alpha value is -1.55. The van der Waals surface area contributed by atoms with E-state index < -0.39 is 0 Å². The molecule has 0 saturated heterocycles. The highest BCUT2D eigenvalue weighted by atomic mass is 35.5. The van der Waals surface area contributed by atoms with Crippen molar-refractivity contribution in [3.05, 3.63) is 40.2 Å². The van der Waals surface area contributed by atoms with E-state index in [4.69, 9.17) is 16.0 Å². The van der Waals surface area contributed by atoms with Crippen molar-refractivity contribution in [2.24, 2.45) is 0 Å². The van der Waals surface area contributed by atoms with Gasteiger partial charge in [-0.15, -0.1) is 0 Å². The summed E-state index contributed by atoms with van der Waals surface area (Å²) in [4.78, 5) is 10.6. The van der Waals surface area contributed by atoms with Crippen molar-refractivity contribution in [1.29, 1.82) is 0 Å². The van der Waals surface area contributed by atoms with Crippen LogP contribution in [-0.2, 0) is 6.54 Å². The van der Waals surface area contributed by atoms with Gasteiger partial charge in [-0.1, -0.05) is 11.6 Å². The van der Waals surface area contributed by atoms with Crippen LogP contribution in [0.5, 0.6) is 0 Å². The highest BCUT2D eigenvalue weighted by Gasteiger charge is 2.13. The van der Waals surface area contributed by atoms with E-state index in [0.29, 0.717) is 11.0 Å². The molecule has 5 heteroatoms. The third kappa shape index (κ3) is 2.48. The van der Waals surface area contributed by atoms with E-state index in [1.54, 1.807) is 6.26 Å². The molecule has 0 unspecified atom stereocenters. The lowest BCUT2D eigenvalue weighted by Gasteiger charge is -2.20. The summed E-state index contributed by atoms with van der Waals surface area (Å²) in [6.07, 6.45) is 1.70. The van der Waals surface area contributed by atoms with Crippen molar-refractivity contribution in [1.82, 2.24) is 9.97 Å². The van der Waals surface area contributed by atoms with Gasteiger partial charge in [0.15, 0.2) is 0 Å². The summed E-state index contributed by atoms with van der Waals surface area (Å²) in [7, 11) is 1.98. The molecule has 0 bridgehead atoms. The Morgan fingerprint density at radius 1 is 1.28 bits per heavy atom. The number of nitrogens with zero attached hydrogens (tertiary/aromatic N) is 3. The molecule has 4 nitrogen and oxygen atoms in total. The molecule has 0 aliphatic rings. The molecule has 0 atom stereocenters. The zero-order valence-electron chi connectivity index (χ0n) is 11.0. The van der Waals surface area contributed by atoms with Crippen molar-refractivity contribution in [2.75, 3.05) is 11.9 Å². The zero-order chi connectivity index (χ0) is 13.3. The lowest BCUT2D eigenvalue weighted by Crippen LogP contribution is -2.20. The maximum absolute atomic E-state index is 6.08. The van der Waals surface area contributed by atoms with Crippen LogP contribution in [0.2, 0.25) is 5.15 Å². The fourth-order valence-electron chi connectivity index (χ4n) is 1.86. The molecule has 0 amide bonds. The molecular formula is C13H16ClN3O. The van der Waals surface area contributed by atoms with Gasteiger partial charge < -0.3 is 9.32 Å². The minimum atomic E-state index is 0.508. The molecule has 0 aromatic carbocycles. The van der Waals surface area contributed by atoms with Crippen LogP contribution in [0.25, 0.3) is 0 Å². The first-order chi connectivity index (χ1) is 8.49. The fraction of sp³-hybridized carbons (Fsp3) is 0.385. The van der Waals surface area contributed by atoms with Crippen molar-refractivity contribution in [3.8, 4) is 0 Å². The molecular weight excluding hydrogens is 250 g/mol. The van der Waals surface area contributed by atoms with E-state index in [2.05, 4.69) is 9.97 Å². The zero-order valence-corrected chi connectivity index (χ0v) is 11.7. The van der Waals surface area contributed by atoms with Crippen LogP contribution in [0.3, 0.4) is 0 Å². The summed E-state index contributed by atoms with van der Waals surface area (Å²) in [5.41, 5.74) is 2.04. The van der Waals surface area contributed by atoms with Crippen LogP contribution in [0.1, 0.15) is 22.7 Å². The molecule has 0 fully saturated rings. The first-order valence-corrected chi connectivity index (χ1v) is 6.11. The van der Waals surface area contributed by atoms with Gasteiger partial charge in [-0.2, -0.15) is 0 Å². The maximum atomic E-state index is 6.08. The highest BCUT2D eigenvalue weighted by molar-refractivity contribution is 6.30. The molecule has 0 N–H and O–H groups in total. The molecule has 0 spiro atoms. The number of hydrogen-bond donors (Lipinski definition) is 0. The molecule has 0 aliphatic carbocycles. The first kappa shape index (κ1) is 12.9. The van der Waals surface area contributed by atoms with E-state index in [1.165, 1.54) is 0 Å².